The predicted octanol–water partition coefficient (Wildman–Crippen LogP) is 2.60. The van der Waals surface area contributed by atoms with Crippen LogP contribution in [0.25, 0.3) is 22.1 Å². The molecule has 5 aromatic rings. The van der Waals surface area contributed by atoms with Crippen LogP contribution in [0.2, 0.25) is 0 Å². The second-order valence-electron chi connectivity index (χ2n) is 5.95. The minimum atomic E-state index is 0.634. The van der Waals surface area contributed by atoms with Gasteiger partial charge in [0.2, 0.25) is 0 Å². The molecule has 0 fully saturated rings. The number of nitrogens with zero attached hydrogens (tertiary/aromatic N) is 6. The number of rotatable bonds is 4. The third-order valence-electron chi connectivity index (χ3n) is 4.40. The molecule has 2 aromatic carbocycles. The maximum atomic E-state index is 4.28. The molecule has 25 heavy (non-hydrogen) atoms. The van der Waals surface area contributed by atoms with E-state index in [0.717, 1.165) is 33.3 Å². The number of hydrogen-bond acceptors (Lipinski definition) is 4. The Morgan fingerprint density at radius 1 is 0.720 bits per heavy atom. The van der Waals surface area contributed by atoms with Crippen molar-refractivity contribution in [3.8, 4) is 0 Å². The molecule has 7 nitrogen and oxygen atoms in total. The Hall–Kier alpha value is -3.48. The molecule has 0 bridgehead atoms. The van der Waals surface area contributed by atoms with Gasteiger partial charge in [-0.05, 0) is 35.9 Å². The fourth-order valence-corrected chi connectivity index (χ4v) is 3.11. The van der Waals surface area contributed by atoms with Crippen LogP contribution in [-0.4, -0.2) is 35.0 Å². The van der Waals surface area contributed by atoms with Crippen LogP contribution in [0.1, 0.15) is 11.3 Å². The molecule has 0 amide bonds. The van der Waals surface area contributed by atoms with Crippen molar-refractivity contribution in [1.82, 2.24) is 35.0 Å². The van der Waals surface area contributed by atoms with Crippen LogP contribution >= 0.6 is 0 Å². The van der Waals surface area contributed by atoms with E-state index in [9.17, 15) is 0 Å². The SMILES string of the molecule is c1ccc2c(c1)nnn2Cc1cc[nH]c1Cn1nnc2ccccc21. The van der Waals surface area contributed by atoms with Gasteiger partial charge >= 0.3 is 0 Å². The van der Waals surface area contributed by atoms with Gasteiger partial charge in [0.15, 0.2) is 0 Å². The second-order valence-corrected chi connectivity index (χ2v) is 5.95. The number of aromatic nitrogens is 7. The van der Waals surface area contributed by atoms with Crippen LogP contribution in [0.3, 0.4) is 0 Å². The topological polar surface area (TPSA) is 77.2 Å². The smallest absolute Gasteiger partial charge is 0.113 e. The fourth-order valence-electron chi connectivity index (χ4n) is 3.11. The highest BCUT2D eigenvalue weighted by atomic mass is 15.4. The fraction of sp³-hybridized carbons (Fsp3) is 0.111. The number of nitrogens with one attached hydrogen (secondary N) is 1. The Bertz CT molecular complexity index is 1070. The summed E-state index contributed by atoms with van der Waals surface area (Å²) in [5.74, 6) is 0. The molecule has 122 valence electrons. The molecule has 0 spiro atoms. The van der Waals surface area contributed by atoms with Gasteiger partial charge in [0, 0.05) is 11.9 Å². The Balaban J connectivity index is 1.48. The summed E-state index contributed by atoms with van der Waals surface area (Å²) >= 11 is 0. The Kier molecular flexibility index (Phi) is 3.09. The van der Waals surface area contributed by atoms with E-state index in [0.29, 0.717) is 13.1 Å². The minimum Gasteiger partial charge on any atom is -0.363 e. The molecule has 1 N–H and O–H groups in total. The van der Waals surface area contributed by atoms with Crippen molar-refractivity contribution in [3.63, 3.8) is 0 Å². The molecule has 0 aliphatic heterocycles. The zero-order valence-corrected chi connectivity index (χ0v) is 13.4. The van der Waals surface area contributed by atoms with Crippen LogP contribution in [0, 0.1) is 0 Å². The van der Waals surface area contributed by atoms with Crippen molar-refractivity contribution in [2.75, 3.05) is 0 Å². The van der Waals surface area contributed by atoms with Gasteiger partial charge in [-0.15, -0.1) is 10.2 Å². The number of H-pyrrole nitrogens is 1. The van der Waals surface area contributed by atoms with Crippen molar-refractivity contribution in [2.45, 2.75) is 13.1 Å². The van der Waals surface area contributed by atoms with Gasteiger partial charge < -0.3 is 4.98 Å². The molecule has 0 radical (unpaired) electrons. The van der Waals surface area contributed by atoms with Gasteiger partial charge in [-0.3, -0.25) is 0 Å². The van der Waals surface area contributed by atoms with Gasteiger partial charge in [0.25, 0.3) is 0 Å². The van der Waals surface area contributed by atoms with Gasteiger partial charge in [-0.2, -0.15) is 0 Å². The van der Waals surface area contributed by atoms with Gasteiger partial charge in [-0.1, -0.05) is 34.7 Å². The summed E-state index contributed by atoms with van der Waals surface area (Å²) in [6.07, 6.45) is 1.95. The highest BCUT2D eigenvalue weighted by Crippen LogP contribution is 2.17. The lowest BCUT2D eigenvalue weighted by atomic mass is 10.2. The first-order chi connectivity index (χ1) is 12.4. The van der Waals surface area contributed by atoms with Crippen LogP contribution in [0.15, 0.2) is 60.8 Å². The molecular formula is C18H15N7. The maximum absolute atomic E-state index is 4.28. The summed E-state index contributed by atoms with van der Waals surface area (Å²) in [4.78, 5) is 3.32. The van der Waals surface area contributed by atoms with Crippen molar-refractivity contribution < 1.29 is 0 Å². The number of fused-ring (bicyclic) bond motifs is 2. The number of benzene rings is 2. The Morgan fingerprint density at radius 3 is 2.00 bits per heavy atom. The summed E-state index contributed by atoms with van der Waals surface area (Å²) < 4.78 is 3.82. The van der Waals surface area contributed by atoms with Gasteiger partial charge in [0.1, 0.15) is 11.0 Å². The Labute approximate surface area is 142 Å². The molecule has 0 aliphatic rings. The average molecular weight is 329 g/mol. The van der Waals surface area contributed by atoms with Gasteiger partial charge in [-0.25, -0.2) is 9.36 Å². The van der Waals surface area contributed by atoms with E-state index in [1.165, 1.54) is 0 Å². The molecule has 5 rings (SSSR count). The zero-order valence-electron chi connectivity index (χ0n) is 13.4. The summed E-state index contributed by atoms with van der Waals surface area (Å²) in [6.45, 7) is 1.29. The lowest BCUT2D eigenvalue weighted by Crippen LogP contribution is -2.08. The third kappa shape index (κ3) is 2.37. The van der Waals surface area contributed by atoms with Crippen LogP contribution in [-0.2, 0) is 13.1 Å². The second kappa shape index (κ2) is 5.55. The Morgan fingerprint density at radius 2 is 1.32 bits per heavy atom. The van der Waals surface area contributed by atoms with Crippen LogP contribution in [0.5, 0.6) is 0 Å². The van der Waals surface area contributed by atoms with Crippen LogP contribution < -0.4 is 0 Å². The van der Waals surface area contributed by atoms with E-state index in [1.807, 2.05) is 64.1 Å². The van der Waals surface area contributed by atoms with Crippen molar-refractivity contribution in [3.05, 3.63) is 72.1 Å². The molecule has 0 aliphatic carbocycles. The predicted molar refractivity (Wildman–Crippen MR) is 94.1 cm³/mol. The third-order valence-corrected chi connectivity index (χ3v) is 4.40. The standard InChI is InChI=1S/C18H15N7/c1-3-7-17-14(5-1)20-22-24(17)11-13-9-10-19-16(13)12-25-18-8-4-2-6-15(18)21-23-25/h1-10,19H,11-12H2. The highest BCUT2D eigenvalue weighted by molar-refractivity contribution is 5.74. The molecule has 3 aromatic heterocycles. The number of aromatic amines is 1. The molecule has 7 heteroatoms. The number of hydrogen-bond donors (Lipinski definition) is 1. The van der Waals surface area contributed by atoms with E-state index < -0.39 is 0 Å². The molecule has 0 saturated heterocycles. The summed E-state index contributed by atoms with van der Waals surface area (Å²) in [7, 11) is 0. The van der Waals surface area contributed by atoms with Crippen molar-refractivity contribution in [1.29, 1.82) is 0 Å². The first-order valence-corrected chi connectivity index (χ1v) is 8.10. The minimum absolute atomic E-state index is 0.634. The maximum Gasteiger partial charge on any atom is 0.113 e. The average Bonchev–Trinajstić information content (AvgIpc) is 3.36. The van der Waals surface area contributed by atoms with E-state index in [1.54, 1.807) is 0 Å². The lowest BCUT2D eigenvalue weighted by Gasteiger charge is -2.06. The molecule has 3 heterocycles. The van der Waals surface area contributed by atoms with Crippen molar-refractivity contribution >= 4 is 22.1 Å². The summed E-state index contributed by atoms with van der Waals surface area (Å²) in [5.41, 5.74) is 6.11. The van der Waals surface area contributed by atoms with Crippen LogP contribution in [0.4, 0.5) is 0 Å². The normalized spacial score (nSPS) is 11.5. The molecule has 0 saturated carbocycles. The largest absolute Gasteiger partial charge is 0.363 e. The zero-order chi connectivity index (χ0) is 16.6. The van der Waals surface area contributed by atoms with E-state index in [2.05, 4.69) is 31.7 Å². The van der Waals surface area contributed by atoms with Crippen molar-refractivity contribution in [2.24, 2.45) is 0 Å². The van der Waals surface area contributed by atoms with Gasteiger partial charge in [0.05, 0.1) is 24.1 Å². The quantitative estimate of drug-likeness (QED) is 0.550. The van der Waals surface area contributed by atoms with E-state index >= 15 is 0 Å². The first-order valence-electron chi connectivity index (χ1n) is 8.10. The summed E-state index contributed by atoms with van der Waals surface area (Å²) in [5, 5.41) is 17.0. The lowest BCUT2D eigenvalue weighted by molar-refractivity contribution is 0.634. The van der Waals surface area contributed by atoms with E-state index in [-0.39, 0.29) is 0 Å². The number of para-hydroxylation sites is 2. The molecule has 0 unspecified atom stereocenters. The molecular weight excluding hydrogens is 314 g/mol. The van der Waals surface area contributed by atoms with E-state index in [4.69, 9.17) is 0 Å². The monoisotopic (exact) mass is 329 g/mol. The summed E-state index contributed by atoms with van der Waals surface area (Å²) in [6, 6.07) is 18.0. The molecule has 0 atom stereocenters. The first kappa shape index (κ1) is 13.9. The highest BCUT2D eigenvalue weighted by Gasteiger charge is 2.11.